The van der Waals surface area contributed by atoms with Gasteiger partial charge in [0.05, 0.1) is 0 Å². The van der Waals surface area contributed by atoms with Gasteiger partial charge in [0.1, 0.15) is 0 Å². The van der Waals surface area contributed by atoms with Crippen LogP contribution in [0.25, 0.3) is 22.3 Å². The Labute approximate surface area is 290 Å². The number of rotatable bonds is 4. The number of benzene rings is 7. The predicted molar refractivity (Wildman–Crippen MR) is 210 cm³/mol. The molecule has 49 heavy (non-hydrogen) atoms. The van der Waals surface area contributed by atoms with Crippen molar-refractivity contribution in [1.82, 2.24) is 0 Å². The molecule has 2 nitrogen and oxygen atoms in total. The SMILES string of the molecule is CC(C)(C)c1cc2c3c(c1)N(c1ccccc1)c1ccc(-c4ccccc4)cc1B3c1cc(-c3ccccc3)ccc1N2c1ccccc1. The maximum Gasteiger partial charge on any atom is 0.252 e. The molecule has 9 rings (SSSR count). The quantitative estimate of drug-likeness (QED) is 0.179. The van der Waals surface area contributed by atoms with Crippen LogP contribution < -0.4 is 26.2 Å². The molecule has 0 N–H and O–H groups in total. The lowest BCUT2D eigenvalue weighted by Gasteiger charge is -2.45. The highest BCUT2D eigenvalue weighted by Crippen LogP contribution is 2.46. The van der Waals surface area contributed by atoms with E-state index in [0.717, 1.165) is 11.4 Å². The van der Waals surface area contributed by atoms with Crippen LogP contribution in [0.5, 0.6) is 0 Å². The molecule has 0 saturated heterocycles. The summed E-state index contributed by atoms with van der Waals surface area (Å²) in [6.45, 7) is 7.01. The zero-order valence-electron chi connectivity index (χ0n) is 28.1. The predicted octanol–water partition coefficient (Wildman–Crippen LogP) is 10.4. The van der Waals surface area contributed by atoms with Gasteiger partial charge < -0.3 is 9.80 Å². The highest BCUT2D eigenvalue weighted by atomic mass is 15.2. The molecule has 0 atom stereocenters. The van der Waals surface area contributed by atoms with Crippen LogP contribution in [0.2, 0.25) is 0 Å². The first-order valence-electron chi connectivity index (χ1n) is 17.2. The first-order valence-corrected chi connectivity index (χ1v) is 17.2. The summed E-state index contributed by atoms with van der Waals surface area (Å²) < 4.78 is 0. The summed E-state index contributed by atoms with van der Waals surface area (Å²) in [6.07, 6.45) is 0. The van der Waals surface area contributed by atoms with Crippen molar-refractivity contribution in [2.24, 2.45) is 0 Å². The zero-order chi connectivity index (χ0) is 33.1. The Balaban J connectivity index is 1.41. The second kappa shape index (κ2) is 11.4. The Morgan fingerprint density at radius 2 is 0.776 bits per heavy atom. The van der Waals surface area contributed by atoms with Crippen LogP contribution in [-0.4, -0.2) is 6.71 Å². The van der Waals surface area contributed by atoms with Crippen molar-refractivity contribution in [3.63, 3.8) is 0 Å². The lowest BCUT2D eigenvalue weighted by molar-refractivity contribution is 0.590. The zero-order valence-corrected chi connectivity index (χ0v) is 28.1. The van der Waals surface area contributed by atoms with Crippen LogP contribution in [0.3, 0.4) is 0 Å². The summed E-state index contributed by atoms with van der Waals surface area (Å²) in [7, 11) is 0. The molecule has 0 fully saturated rings. The molecule has 7 aromatic carbocycles. The van der Waals surface area contributed by atoms with Crippen LogP contribution in [-0.2, 0) is 5.41 Å². The first-order chi connectivity index (χ1) is 24.0. The fourth-order valence-electron chi connectivity index (χ4n) is 7.77. The van der Waals surface area contributed by atoms with E-state index in [0.29, 0.717) is 0 Å². The van der Waals surface area contributed by atoms with Crippen molar-refractivity contribution in [3.8, 4) is 22.3 Å². The van der Waals surface area contributed by atoms with Crippen LogP contribution in [0, 0.1) is 0 Å². The van der Waals surface area contributed by atoms with E-state index < -0.39 is 0 Å². The van der Waals surface area contributed by atoms with Gasteiger partial charge in [-0.25, -0.2) is 0 Å². The van der Waals surface area contributed by atoms with Crippen molar-refractivity contribution < 1.29 is 0 Å². The van der Waals surface area contributed by atoms with Gasteiger partial charge in [0, 0.05) is 34.1 Å². The number of hydrogen-bond donors (Lipinski definition) is 0. The van der Waals surface area contributed by atoms with E-state index in [9.17, 15) is 0 Å². The molecular formula is C46H37BN2. The van der Waals surface area contributed by atoms with Gasteiger partial charge in [0.2, 0.25) is 0 Å². The number of nitrogens with zero attached hydrogens (tertiary/aromatic N) is 2. The Bertz CT molecular complexity index is 2150. The van der Waals surface area contributed by atoms with Gasteiger partial charge in [-0.3, -0.25) is 0 Å². The highest BCUT2D eigenvalue weighted by molar-refractivity contribution is 7.00. The van der Waals surface area contributed by atoms with Gasteiger partial charge >= 0.3 is 0 Å². The lowest BCUT2D eigenvalue weighted by atomic mass is 9.33. The maximum atomic E-state index is 2.50. The highest BCUT2D eigenvalue weighted by Gasteiger charge is 2.44. The monoisotopic (exact) mass is 628 g/mol. The van der Waals surface area contributed by atoms with E-state index in [1.165, 1.54) is 67.0 Å². The molecule has 0 bridgehead atoms. The molecule has 0 aliphatic carbocycles. The molecule has 0 amide bonds. The normalized spacial score (nSPS) is 13.1. The molecule has 0 spiro atoms. The van der Waals surface area contributed by atoms with Crippen LogP contribution in [0.15, 0.2) is 170 Å². The van der Waals surface area contributed by atoms with Gasteiger partial charge in [-0.2, -0.15) is 0 Å². The molecule has 234 valence electrons. The number of anilines is 6. The van der Waals surface area contributed by atoms with Gasteiger partial charge in [0.15, 0.2) is 0 Å². The second-order valence-electron chi connectivity index (χ2n) is 14.2. The number of fused-ring (bicyclic) bond motifs is 4. The molecule has 2 aliphatic heterocycles. The summed E-state index contributed by atoms with van der Waals surface area (Å²) in [5.41, 5.74) is 17.4. The van der Waals surface area contributed by atoms with Crippen molar-refractivity contribution >= 4 is 57.2 Å². The average molecular weight is 629 g/mol. The van der Waals surface area contributed by atoms with Gasteiger partial charge in [-0.15, -0.1) is 0 Å². The van der Waals surface area contributed by atoms with Crippen molar-refractivity contribution in [2.45, 2.75) is 26.2 Å². The largest absolute Gasteiger partial charge is 0.311 e. The van der Waals surface area contributed by atoms with E-state index in [4.69, 9.17) is 0 Å². The minimum Gasteiger partial charge on any atom is -0.311 e. The van der Waals surface area contributed by atoms with Gasteiger partial charge in [0.25, 0.3) is 6.71 Å². The fourth-order valence-corrected chi connectivity index (χ4v) is 7.77. The summed E-state index contributed by atoms with van der Waals surface area (Å²) in [4.78, 5) is 5.01. The fraction of sp³-hybridized carbons (Fsp3) is 0.0870. The summed E-state index contributed by atoms with van der Waals surface area (Å²) in [5.74, 6) is 0. The molecular weight excluding hydrogens is 591 g/mol. The Kier molecular flexibility index (Phi) is 6.84. The third kappa shape index (κ3) is 4.88. The van der Waals surface area contributed by atoms with Crippen molar-refractivity contribution in [3.05, 3.63) is 175 Å². The molecule has 2 heterocycles. The molecule has 0 radical (unpaired) electrons. The van der Waals surface area contributed by atoms with Gasteiger partial charge in [-0.05, 0) is 98.2 Å². The summed E-state index contributed by atoms with van der Waals surface area (Å²) >= 11 is 0. The van der Waals surface area contributed by atoms with E-state index in [1.54, 1.807) is 0 Å². The second-order valence-corrected chi connectivity index (χ2v) is 14.2. The Morgan fingerprint density at radius 1 is 0.388 bits per heavy atom. The Morgan fingerprint density at radius 3 is 1.16 bits per heavy atom. The summed E-state index contributed by atoms with van der Waals surface area (Å²) in [5, 5.41) is 0. The third-order valence-electron chi connectivity index (χ3n) is 10.2. The molecule has 0 unspecified atom stereocenters. The molecule has 0 saturated carbocycles. The van der Waals surface area contributed by atoms with E-state index in [-0.39, 0.29) is 12.1 Å². The number of hydrogen-bond acceptors (Lipinski definition) is 2. The standard InChI is InChI=1S/C46H37BN2/c1-46(2,3)36-30-43-45-44(31-36)49(38-22-14-7-15-23-38)42-27-25-35(33-18-10-5-11-19-33)29-40(42)47(45)39-28-34(32-16-8-4-9-17-32)24-26-41(39)48(43)37-20-12-6-13-21-37/h4-31H,1-3H3. The lowest BCUT2D eigenvalue weighted by Crippen LogP contribution is -2.61. The van der Waals surface area contributed by atoms with Gasteiger partial charge in [-0.1, -0.05) is 142 Å². The van der Waals surface area contributed by atoms with E-state index >= 15 is 0 Å². The topological polar surface area (TPSA) is 6.48 Å². The van der Waals surface area contributed by atoms with Crippen LogP contribution in [0.1, 0.15) is 26.3 Å². The van der Waals surface area contributed by atoms with Crippen molar-refractivity contribution in [1.29, 1.82) is 0 Å². The van der Waals surface area contributed by atoms with Crippen LogP contribution in [0.4, 0.5) is 34.1 Å². The van der Waals surface area contributed by atoms with E-state index in [1.807, 2.05) is 0 Å². The number of para-hydroxylation sites is 2. The average Bonchev–Trinajstić information content (AvgIpc) is 3.15. The molecule has 3 heteroatoms. The Hall–Kier alpha value is -5.80. The maximum absolute atomic E-state index is 2.50. The smallest absolute Gasteiger partial charge is 0.252 e. The first kappa shape index (κ1) is 29.4. The minimum atomic E-state index is -0.0549. The molecule has 0 aromatic heterocycles. The van der Waals surface area contributed by atoms with E-state index in [2.05, 4.69) is 200 Å². The minimum absolute atomic E-state index is 0.0382. The molecule has 7 aromatic rings. The molecule has 2 aliphatic rings. The van der Waals surface area contributed by atoms with Crippen LogP contribution >= 0.6 is 0 Å². The summed E-state index contributed by atoms with van der Waals surface area (Å²) in [6, 6.07) is 62.5. The third-order valence-corrected chi connectivity index (χ3v) is 10.2. The van der Waals surface area contributed by atoms with Crippen molar-refractivity contribution in [2.75, 3.05) is 9.80 Å².